The third kappa shape index (κ3) is 1.46. The summed E-state index contributed by atoms with van der Waals surface area (Å²) in [7, 11) is 0. The van der Waals surface area contributed by atoms with Crippen LogP contribution in [0, 0.1) is 0 Å². The van der Waals surface area contributed by atoms with E-state index >= 15 is 0 Å². The van der Waals surface area contributed by atoms with Gasteiger partial charge in [0.25, 0.3) is 0 Å². The Morgan fingerprint density at radius 1 is 1.17 bits per heavy atom. The molecule has 0 aromatic heterocycles. The molecule has 68 valence electrons. The Labute approximate surface area is 72.9 Å². The fourth-order valence-electron chi connectivity index (χ4n) is 2.30. The minimum Gasteiger partial charge on any atom is -0.356 e. The number of hydrogen-bond acceptors (Lipinski definition) is 2. The smallest absolute Gasteiger partial charge is 0.220 e. The number of nitrogens with one attached hydrogen (secondary N) is 2. The van der Waals surface area contributed by atoms with Crippen LogP contribution in [0.4, 0.5) is 0 Å². The molecule has 12 heavy (non-hydrogen) atoms. The molecular weight excluding hydrogens is 152 g/mol. The van der Waals surface area contributed by atoms with Crippen LogP contribution in [-0.4, -0.2) is 24.5 Å². The monoisotopic (exact) mass is 168 g/mol. The summed E-state index contributed by atoms with van der Waals surface area (Å²) in [5.41, 5.74) is 0.305. The van der Waals surface area contributed by atoms with Crippen LogP contribution in [0.25, 0.3) is 0 Å². The predicted octanol–water partition coefficient (Wildman–Crippen LogP) is 0.409. The van der Waals surface area contributed by atoms with E-state index in [0.29, 0.717) is 12.0 Å². The molecule has 0 saturated carbocycles. The Bertz CT molecular complexity index is 185. The molecule has 1 spiro atoms. The third-order valence-corrected chi connectivity index (χ3v) is 3.09. The third-order valence-electron chi connectivity index (χ3n) is 3.09. The summed E-state index contributed by atoms with van der Waals surface area (Å²) in [6, 6.07) is 0. The zero-order valence-electron chi connectivity index (χ0n) is 7.36. The molecule has 2 aliphatic heterocycles. The summed E-state index contributed by atoms with van der Waals surface area (Å²) in [5.74, 6) is 0.223. The second-order valence-electron chi connectivity index (χ2n) is 3.91. The van der Waals surface area contributed by atoms with Gasteiger partial charge < -0.3 is 10.6 Å². The van der Waals surface area contributed by atoms with E-state index in [0.717, 1.165) is 25.9 Å². The standard InChI is InChI=1S/C9H16N2O/c12-8-2-4-9(5-7-10-8)3-1-6-11-9/h11H,1-7H2,(H,10,12). The van der Waals surface area contributed by atoms with Gasteiger partial charge in [-0.2, -0.15) is 0 Å². The van der Waals surface area contributed by atoms with Crippen molar-refractivity contribution >= 4 is 5.91 Å². The Morgan fingerprint density at radius 3 is 2.83 bits per heavy atom. The van der Waals surface area contributed by atoms with Crippen molar-refractivity contribution in [2.45, 2.75) is 37.6 Å². The highest BCUT2D eigenvalue weighted by Crippen LogP contribution is 2.28. The van der Waals surface area contributed by atoms with Crippen LogP contribution in [0.1, 0.15) is 32.1 Å². The van der Waals surface area contributed by atoms with E-state index in [1.54, 1.807) is 0 Å². The fourth-order valence-corrected chi connectivity index (χ4v) is 2.30. The number of carbonyl (C=O) groups is 1. The van der Waals surface area contributed by atoms with E-state index in [4.69, 9.17) is 0 Å². The van der Waals surface area contributed by atoms with Gasteiger partial charge in [-0.1, -0.05) is 0 Å². The molecule has 0 radical (unpaired) electrons. The SMILES string of the molecule is O=C1CCC2(CCCN2)CCN1. The quantitative estimate of drug-likeness (QED) is 0.550. The van der Waals surface area contributed by atoms with Crippen molar-refractivity contribution in [2.24, 2.45) is 0 Å². The molecule has 2 rings (SSSR count). The van der Waals surface area contributed by atoms with E-state index in [2.05, 4.69) is 10.6 Å². The molecule has 0 bridgehead atoms. The van der Waals surface area contributed by atoms with Gasteiger partial charge in [-0.3, -0.25) is 4.79 Å². The molecule has 0 aromatic rings. The predicted molar refractivity (Wildman–Crippen MR) is 46.8 cm³/mol. The Balaban J connectivity index is 2.01. The van der Waals surface area contributed by atoms with Crippen molar-refractivity contribution in [1.82, 2.24) is 10.6 Å². The van der Waals surface area contributed by atoms with Crippen LogP contribution < -0.4 is 10.6 Å². The lowest BCUT2D eigenvalue weighted by Gasteiger charge is -2.26. The lowest BCUT2D eigenvalue weighted by molar-refractivity contribution is -0.120. The van der Waals surface area contributed by atoms with E-state index in [1.807, 2.05) is 0 Å². The minimum atomic E-state index is 0.223. The lowest BCUT2D eigenvalue weighted by atomic mass is 9.89. The van der Waals surface area contributed by atoms with Crippen LogP contribution in [0.5, 0.6) is 0 Å². The lowest BCUT2D eigenvalue weighted by Crippen LogP contribution is -2.40. The van der Waals surface area contributed by atoms with Gasteiger partial charge in [0.1, 0.15) is 0 Å². The molecule has 3 nitrogen and oxygen atoms in total. The van der Waals surface area contributed by atoms with Gasteiger partial charge in [0.05, 0.1) is 0 Å². The molecule has 2 fully saturated rings. The maximum atomic E-state index is 11.1. The van der Waals surface area contributed by atoms with Gasteiger partial charge in [0.2, 0.25) is 5.91 Å². The van der Waals surface area contributed by atoms with Gasteiger partial charge in [-0.25, -0.2) is 0 Å². The first-order valence-corrected chi connectivity index (χ1v) is 4.83. The molecule has 0 aromatic carbocycles. The van der Waals surface area contributed by atoms with E-state index in [9.17, 15) is 4.79 Å². The first-order valence-electron chi connectivity index (χ1n) is 4.83. The maximum Gasteiger partial charge on any atom is 0.220 e. The van der Waals surface area contributed by atoms with Crippen molar-refractivity contribution in [2.75, 3.05) is 13.1 Å². The number of carbonyl (C=O) groups excluding carboxylic acids is 1. The van der Waals surface area contributed by atoms with Crippen molar-refractivity contribution < 1.29 is 4.79 Å². The molecule has 1 atom stereocenters. The van der Waals surface area contributed by atoms with Crippen LogP contribution in [0.15, 0.2) is 0 Å². The first-order chi connectivity index (χ1) is 5.81. The Hall–Kier alpha value is -0.570. The minimum absolute atomic E-state index is 0.223. The van der Waals surface area contributed by atoms with E-state index in [-0.39, 0.29) is 5.91 Å². The van der Waals surface area contributed by atoms with Crippen LogP contribution in [0.2, 0.25) is 0 Å². The molecular formula is C9H16N2O. The van der Waals surface area contributed by atoms with Gasteiger partial charge in [0.15, 0.2) is 0 Å². The summed E-state index contributed by atoms with van der Waals surface area (Å²) in [5, 5.41) is 6.46. The Morgan fingerprint density at radius 2 is 2.08 bits per heavy atom. The van der Waals surface area contributed by atoms with E-state index < -0.39 is 0 Å². The van der Waals surface area contributed by atoms with Gasteiger partial charge in [0, 0.05) is 18.5 Å². The normalized spacial score (nSPS) is 36.5. The molecule has 2 heterocycles. The summed E-state index contributed by atoms with van der Waals surface area (Å²) in [6.07, 6.45) is 5.36. The van der Waals surface area contributed by atoms with Gasteiger partial charge >= 0.3 is 0 Å². The largest absolute Gasteiger partial charge is 0.356 e. The van der Waals surface area contributed by atoms with E-state index in [1.165, 1.54) is 12.8 Å². The maximum absolute atomic E-state index is 11.1. The zero-order valence-corrected chi connectivity index (χ0v) is 7.36. The van der Waals surface area contributed by atoms with Crippen LogP contribution in [0.3, 0.4) is 0 Å². The average Bonchev–Trinajstić information content (AvgIpc) is 2.42. The molecule has 0 aliphatic carbocycles. The summed E-state index contributed by atoms with van der Waals surface area (Å²) < 4.78 is 0. The van der Waals surface area contributed by atoms with Crippen molar-refractivity contribution in [3.8, 4) is 0 Å². The summed E-state index contributed by atoms with van der Waals surface area (Å²) >= 11 is 0. The van der Waals surface area contributed by atoms with Crippen LogP contribution in [-0.2, 0) is 4.79 Å². The average molecular weight is 168 g/mol. The molecule has 3 heteroatoms. The van der Waals surface area contributed by atoms with Gasteiger partial charge in [-0.05, 0) is 32.2 Å². The molecule has 1 amide bonds. The second-order valence-corrected chi connectivity index (χ2v) is 3.91. The highest BCUT2D eigenvalue weighted by molar-refractivity contribution is 5.76. The van der Waals surface area contributed by atoms with Crippen molar-refractivity contribution in [1.29, 1.82) is 0 Å². The van der Waals surface area contributed by atoms with Crippen molar-refractivity contribution in [3.05, 3.63) is 0 Å². The topological polar surface area (TPSA) is 41.1 Å². The highest BCUT2D eigenvalue weighted by atomic mass is 16.1. The highest BCUT2D eigenvalue weighted by Gasteiger charge is 2.34. The zero-order chi connectivity index (χ0) is 8.44. The Kier molecular flexibility index (Phi) is 2.05. The molecule has 2 N–H and O–H groups in total. The number of hydrogen-bond donors (Lipinski definition) is 2. The first kappa shape index (κ1) is 8.05. The molecule has 2 aliphatic rings. The molecule has 1 unspecified atom stereocenters. The van der Waals surface area contributed by atoms with Crippen LogP contribution >= 0.6 is 0 Å². The molecule has 2 saturated heterocycles. The van der Waals surface area contributed by atoms with Crippen molar-refractivity contribution in [3.63, 3.8) is 0 Å². The number of rotatable bonds is 0. The summed E-state index contributed by atoms with van der Waals surface area (Å²) in [4.78, 5) is 11.1. The summed E-state index contributed by atoms with van der Waals surface area (Å²) in [6.45, 7) is 1.99. The van der Waals surface area contributed by atoms with Gasteiger partial charge in [-0.15, -0.1) is 0 Å². The fraction of sp³-hybridized carbons (Fsp3) is 0.889. The second kappa shape index (κ2) is 3.05. The number of amides is 1.